The van der Waals surface area contributed by atoms with E-state index in [1.54, 1.807) is 26.8 Å². The summed E-state index contributed by atoms with van der Waals surface area (Å²) in [6.07, 6.45) is 2.03. The number of halogens is 2. The Morgan fingerprint density at radius 2 is 2.05 bits per heavy atom. The number of ketones is 2. The molecule has 108 valence electrons. The van der Waals surface area contributed by atoms with Crippen molar-refractivity contribution < 1.29 is 19.4 Å². The van der Waals surface area contributed by atoms with Crippen molar-refractivity contribution in [1.29, 1.82) is 0 Å². The maximum absolute atomic E-state index is 12.7. The zero-order valence-electron chi connectivity index (χ0n) is 11.3. The van der Waals surface area contributed by atoms with Crippen LogP contribution in [0, 0.1) is 11.3 Å². The van der Waals surface area contributed by atoms with Crippen molar-refractivity contribution in [3.05, 3.63) is 21.2 Å². The third-order valence-corrected chi connectivity index (χ3v) is 5.88. The molecule has 1 heterocycles. The predicted molar refractivity (Wildman–Crippen MR) is 76.2 cm³/mol. The van der Waals surface area contributed by atoms with Crippen LogP contribution >= 0.6 is 27.5 Å². The number of carbonyl (C=O) groups excluding carboxylic acids is 2. The van der Waals surface area contributed by atoms with Crippen LogP contribution in [0.1, 0.15) is 27.2 Å². The number of carbonyl (C=O) groups is 2. The van der Waals surface area contributed by atoms with Gasteiger partial charge in [0.25, 0.3) is 0 Å². The molecule has 3 aliphatic rings. The molecule has 0 bridgehead atoms. The van der Waals surface area contributed by atoms with Crippen LogP contribution in [-0.2, 0) is 14.3 Å². The fraction of sp³-hybridized carbons (Fsp3) is 0.571. The Labute approximate surface area is 129 Å². The van der Waals surface area contributed by atoms with Gasteiger partial charge in [-0.1, -0.05) is 33.6 Å². The average Bonchev–Trinajstić information content (AvgIpc) is 3.09. The zero-order chi connectivity index (χ0) is 15.1. The smallest absolute Gasteiger partial charge is 0.245 e. The lowest BCUT2D eigenvalue weighted by atomic mass is 9.77. The van der Waals surface area contributed by atoms with Crippen molar-refractivity contribution in [2.24, 2.45) is 11.3 Å². The minimum atomic E-state index is -2.10. The highest BCUT2D eigenvalue weighted by molar-refractivity contribution is 9.12. The van der Waals surface area contributed by atoms with Crippen LogP contribution in [0.3, 0.4) is 0 Å². The van der Waals surface area contributed by atoms with Crippen LogP contribution in [-0.4, -0.2) is 28.1 Å². The Bertz CT molecular complexity index is 621. The highest BCUT2D eigenvalue weighted by atomic mass is 79.9. The van der Waals surface area contributed by atoms with Gasteiger partial charge in [0.2, 0.25) is 11.6 Å². The van der Waals surface area contributed by atoms with E-state index in [1.807, 2.05) is 0 Å². The van der Waals surface area contributed by atoms with Gasteiger partial charge in [0.1, 0.15) is 5.41 Å². The SMILES string of the molecule is C/C=C(\Br)C1=C(Cl)C(=O)[C@@]23C[C@@H]2C(C)(C)O[C@]3(O)C1=O. The molecule has 2 fully saturated rings. The Kier molecular flexibility index (Phi) is 2.76. The largest absolute Gasteiger partial charge is 0.358 e. The quantitative estimate of drug-likeness (QED) is 0.779. The average molecular weight is 362 g/mol. The molecule has 1 saturated heterocycles. The van der Waals surface area contributed by atoms with Gasteiger partial charge in [-0.25, -0.2) is 0 Å². The van der Waals surface area contributed by atoms with Crippen LogP contribution in [0.4, 0.5) is 0 Å². The topological polar surface area (TPSA) is 63.6 Å². The highest BCUT2D eigenvalue weighted by Gasteiger charge is 2.85. The molecule has 1 saturated carbocycles. The number of aliphatic hydroxyl groups is 1. The van der Waals surface area contributed by atoms with Crippen molar-refractivity contribution in [3.63, 3.8) is 0 Å². The first-order valence-electron chi connectivity index (χ1n) is 6.37. The number of hydrogen-bond acceptors (Lipinski definition) is 4. The number of Topliss-reactive ketones (excluding diaryl/α,β-unsaturated/α-hetero) is 2. The fourth-order valence-corrected chi connectivity index (χ4v) is 4.46. The molecule has 0 radical (unpaired) electrons. The molecule has 3 rings (SSSR count). The van der Waals surface area contributed by atoms with Gasteiger partial charge in [0.05, 0.1) is 16.2 Å². The Hall–Kier alpha value is -0.490. The van der Waals surface area contributed by atoms with Gasteiger partial charge in [0, 0.05) is 10.4 Å². The summed E-state index contributed by atoms with van der Waals surface area (Å²) in [7, 11) is 0. The van der Waals surface area contributed by atoms with Crippen LogP contribution in [0.5, 0.6) is 0 Å². The Balaban J connectivity index is 2.23. The molecule has 20 heavy (non-hydrogen) atoms. The van der Waals surface area contributed by atoms with Crippen molar-refractivity contribution in [2.75, 3.05) is 0 Å². The molecule has 3 atom stereocenters. The second-order valence-electron chi connectivity index (χ2n) is 6.06. The van der Waals surface area contributed by atoms with E-state index in [-0.39, 0.29) is 16.5 Å². The maximum Gasteiger partial charge on any atom is 0.245 e. The lowest BCUT2D eigenvalue weighted by Gasteiger charge is -2.36. The molecule has 1 N–H and O–H groups in total. The molecule has 0 unspecified atom stereocenters. The number of allylic oxidation sites excluding steroid dienone is 3. The van der Waals surface area contributed by atoms with Gasteiger partial charge in [-0.05, 0) is 27.2 Å². The van der Waals surface area contributed by atoms with Gasteiger partial charge >= 0.3 is 0 Å². The highest BCUT2D eigenvalue weighted by Crippen LogP contribution is 2.74. The minimum Gasteiger partial charge on any atom is -0.358 e. The van der Waals surface area contributed by atoms with E-state index in [9.17, 15) is 14.7 Å². The number of rotatable bonds is 1. The molecular weight excluding hydrogens is 348 g/mol. The molecule has 4 nitrogen and oxygen atoms in total. The van der Waals surface area contributed by atoms with Crippen molar-refractivity contribution >= 4 is 39.1 Å². The molecule has 0 aromatic heterocycles. The molecule has 1 aliphatic heterocycles. The number of ether oxygens (including phenoxy) is 1. The van der Waals surface area contributed by atoms with E-state index in [2.05, 4.69) is 15.9 Å². The van der Waals surface area contributed by atoms with Crippen LogP contribution in [0.25, 0.3) is 0 Å². The van der Waals surface area contributed by atoms with Crippen molar-refractivity contribution in [1.82, 2.24) is 0 Å². The van der Waals surface area contributed by atoms with E-state index >= 15 is 0 Å². The summed E-state index contributed by atoms with van der Waals surface area (Å²) >= 11 is 9.32. The lowest BCUT2D eigenvalue weighted by Crippen LogP contribution is -2.55. The van der Waals surface area contributed by atoms with Crippen LogP contribution < -0.4 is 0 Å². The molecule has 0 aromatic carbocycles. The monoisotopic (exact) mass is 360 g/mol. The summed E-state index contributed by atoms with van der Waals surface area (Å²) in [5, 5.41) is 10.7. The second kappa shape index (κ2) is 3.83. The first-order valence-corrected chi connectivity index (χ1v) is 7.54. The van der Waals surface area contributed by atoms with Gasteiger partial charge in [-0.15, -0.1) is 0 Å². The summed E-state index contributed by atoms with van der Waals surface area (Å²) in [5.41, 5.74) is -1.93. The molecule has 0 aromatic rings. The predicted octanol–water partition coefficient (Wildman–Crippen LogP) is 2.43. The van der Waals surface area contributed by atoms with E-state index in [1.165, 1.54) is 0 Å². The standard InChI is InChI=1S/C14H14BrClO4/c1-4-6(15)8-9(16)11(18)13-5-7(13)12(2,3)20-14(13,19)10(8)17/h4,7,19H,5H2,1-3H3/b6-4-/t7-,13-,14-/m1/s1. The van der Waals surface area contributed by atoms with Gasteiger partial charge in [0.15, 0.2) is 5.78 Å². The summed E-state index contributed by atoms with van der Waals surface area (Å²) in [5.74, 6) is -3.32. The lowest BCUT2D eigenvalue weighted by molar-refractivity contribution is -0.239. The summed E-state index contributed by atoms with van der Waals surface area (Å²) in [6, 6.07) is 0. The molecule has 2 aliphatic carbocycles. The Morgan fingerprint density at radius 1 is 1.45 bits per heavy atom. The normalized spacial score (nSPS) is 42.7. The van der Waals surface area contributed by atoms with Crippen molar-refractivity contribution in [3.8, 4) is 0 Å². The Morgan fingerprint density at radius 3 is 2.55 bits per heavy atom. The molecule has 6 heteroatoms. The van der Waals surface area contributed by atoms with Gasteiger partial charge in [-0.2, -0.15) is 0 Å². The molecule has 0 amide bonds. The third kappa shape index (κ3) is 1.35. The zero-order valence-corrected chi connectivity index (χ0v) is 13.6. The maximum atomic E-state index is 12.7. The summed E-state index contributed by atoms with van der Waals surface area (Å²) in [6.45, 7) is 5.26. The van der Waals surface area contributed by atoms with E-state index in [4.69, 9.17) is 16.3 Å². The van der Waals surface area contributed by atoms with Crippen LogP contribution in [0.15, 0.2) is 21.2 Å². The van der Waals surface area contributed by atoms with Crippen LogP contribution in [0.2, 0.25) is 0 Å². The minimum absolute atomic E-state index is 0.00404. The van der Waals surface area contributed by atoms with E-state index < -0.39 is 28.4 Å². The molecule has 1 spiro atoms. The van der Waals surface area contributed by atoms with Gasteiger partial charge < -0.3 is 9.84 Å². The molecular formula is C14H14BrClO4. The second-order valence-corrected chi connectivity index (χ2v) is 7.29. The van der Waals surface area contributed by atoms with E-state index in [0.29, 0.717) is 10.9 Å². The summed E-state index contributed by atoms with van der Waals surface area (Å²) in [4.78, 5) is 25.3. The fourth-order valence-electron chi connectivity index (χ4n) is 3.61. The van der Waals surface area contributed by atoms with Gasteiger partial charge in [-0.3, -0.25) is 9.59 Å². The summed E-state index contributed by atoms with van der Waals surface area (Å²) < 4.78 is 5.98. The van der Waals surface area contributed by atoms with Crippen molar-refractivity contribution in [2.45, 2.75) is 38.6 Å². The first-order chi connectivity index (χ1) is 9.13. The van der Waals surface area contributed by atoms with E-state index in [0.717, 1.165) is 0 Å². The number of hydrogen-bond donors (Lipinski definition) is 1. The first kappa shape index (κ1) is 14.4. The third-order valence-electron chi connectivity index (χ3n) is 4.67.